The molecule has 2 aliphatic rings. The topological polar surface area (TPSA) is 139 Å². The summed E-state index contributed by atoms with van der Waals surface area (Å²) < 4.78 is 5.13. The van der Waals surface area contributed by atoms with Crippen molar-refractivity contribution < 1.29 is 14.6 Å². The van der Waals surface area contributed by atoms with E-state index in [2.05, 4.69) is 30.2 Å². The van der Waals surface area contributed by atoms with E-state index in [0.29, 0.717) is 41.6 Å². The molecule has 1 saturated heterocycles. The molecule has 10 nitrogen and oxygen atoms in total. The number of carbonyl (C=O) groups excluding carboxylic acids is 1. The molecule has 194 valence electrons. The maximum atomic E-state index is 13.3. The summed E-state index contributed by atoms with van der Waals surface area (Å²) in [6, 6.07) is 10.5. The van der Waals surface area contributed by atoms with Crippen LogP contribution in [0, 0.1) is 11.8 Å². The van der Waals surface area contributed by atoms with Gasteiger partial charge in [-0.2, -0.15) is 0 Å². The van der Waals surface area contributed by atoms with Crippen molar-refractivity contribution >= 4 is 28.3 Å². The number of nitrogens with two attached hydrogens (primary N) is 1. The van der Waals surface area contributed by atoms with Gasteiger partial charge in [0.2, 0.25) is 5.88 Å². The summed E-state index contributed by atoms with van der Waals surface area (Å²) in [6.07, 6.45) is 8.54. The third-order valence-electron chi connectivity index (χ3n) is 7.40. The number of hydrogen-bond donors (Lipinski definition) is 3. The van der Waals surface area contributed by atoms with Gasteiger partial charge in [-0.25, -0.2) is 9.97 Å². The first-order valence-electron chi connectivity index (χ1n) is 12.7. The number of amides is 1. The number of aliphatic hydroxyl groups is 1. The first-order valence-corrected chi connectivity index (χ1v) is 12.7. The number of nitrogens with zero attached hydrogens (tertiary/aromatic N) is 5. The van der Waals surface area contributed by atoms with Crippen molar-refractivity contribution in [2.45, 2.75) is 25.0 Å². The molecule has 0 spiro atoms. The number of piperidine rings is 1. The lowest BCUT2D eigenvalue weighted by Gasteiger charge is -2.42. The van der Waals surface area contributed by atoms with Crippen molar-refractivity contribution in [2.24, 2.45) is 17.6 Å². The van der Waals surface area contributed by atoms with Crippen molar-refractivity contribution in [3.05, 3.63) is 66.9 Å². The molecule has 0 bridgehead atoms. The van der Waals surface area contributed by atoms with E-state index < -0.39 is 6.10 Å². The van der Waals surface area contributed by atoms with E-state index in [4.69, 9.17) is 10.5 Å². The molecule has 3 unspecified atom stereocenters. The number of nitrogens with one attached hydrogen (secondary N) is 1. The average Bonchev–Trinajstić information content (AvgIpc) is 3.80. The number of fused-ring (bicyclic) bond motifs is 1. The van der Waals surface area contributed by atoms with Gasteiger partial charge in [-0.05, 0) is 49.1 Å². The van der Waals surface area contributed by atoms with Gasteiger partial charge in [0.05, 0.1) is 41.8 Å². The van der Waals surface area contributed by atoms with Crippen molar-refractivity contribution in [3.63, 3.8) is 0 Å². The van der Waals surface area contributed by atoms with E-state index in [1.54, 1.807) is 50.1 Å². The molecule has 0 aromatic carbocycles. The second kappa shape index (κ2) is 9.96. The quantitative estimate of drug-likeness (QED) is 0.356. The minimum atomic E-state index is -0.507. The first kappa shape index (κ1) is 24.2. The molecular weight excluding hydrogens is 482 g/mol. The minimum Gasteiger partial charge on any atom is -0.481 e. The molecule has 2 fully saturated rings. The molecule has 4 N–H and O–H groups in total. The van der Waals surface area contributed by atoms with Gasteiger partial charge in [0.25, 0.3) is 5.91 Å². The van der Waals surface area contributed by atoms with Gasteiger partial charge in [0.1, 0.15) is 5.69 Å². The SMILES string of the molecule is COc1ccc(-c2cnc3ccc(C(=O)Nc4cnccc4N4CC(N)C(O)C(C5CC5)C4)nc3c2)cn1. The number of methoxy groups -OCH3 is 1. The van der Waals surface area contributed by atoms with E-state index in [0.717, 1.165) is 29.7 Å². The third-order valence-corrected chi connectivity index (χ3v) is 7.40. The predicted molar refractivity (Wildman–Crippen MR) is 144 cm³/mol. The highest BCUT2D eigenvalue weighted by molar-refractivity contribution is 6.05. The maximum absolute atomic E-state index is 13.3. The van der Waals surface area contributed by atoms with Gasteiger partial charge in [-0.15, -0.1) is 0 Å². The number of aliphatic hydroxyl groups excluding tert-OH is 1. The lowest BCUT2D eigenvalue weighted by molar-refractivity contribution is 0.0594. The maximum Gasteiger partial charge on any atom is 0.274 e. The summed E-state index contributed by atoms with van der Waals surface area (Å²) in [4.78, 5) is 33.0. The molecule has 3 atom stereocenters. The highest BCUT2D eigenvalue weighted by Gasteiger charge is 2.43. The Balaban J connectivity index is 1.24. The van der Waals surface area contributed by atoms with Crippen LogP contribution in [0.15, 0.2) is 61.2 Å². The summed E-state index contributed by atoms with van der Waals surface area (Å²) in [7, 11) is 1.57. The van der Waals surface area contributed by atoms with E-state index in [1.807, 2.05) is 18.2 Å². The Kier molecular flexibility index (Phi) is 6.34. The van der Waals surface area contributed by atoms with Crippen molar-refractivity contribution in [1.82, 2.24) is 19.9 Å². The van der Waals surface area contributed by atoms with E-state index in [1.165, 1.54) is 0 Å². The molecule has 5 heterocycles. The number of rotatable bonds is 6. The van der Waals surface area contributed by atoms with E-state index >= 15 is 0 Å². The molecule has 1 aliphatic heterocycles. The molecule has 4 aromatic rings. The Hall–Kier alpha value is -4.15. The van der Waals surface area contributed by atoms with Crippen LogP contribution in [0.1, 0.15) is 23.3 Å². The highest BCUT2D eigenvalue weighted by Crippen LogP contribution is 2.42. The summed E-state index contributed by atoms with van der Waals surface area (Å²) >= 11 is 0. The molecule has 38 heavy (non-hydrogen) atoms. The molecule has 0 radical (unpaired) electrons. The summed E-state index contributed by atoms with van der Waals surface area (Å²) in [5, 5.41) is 13.6. The highest BCUT2D eigenvalue weighted by atomic mass is 16.5. The lowest BCUT2D eigenvalue weighted by Crippen LogP contribution is -2.57. The Morgan fingerprint density at radius 3 is 2.66 bits per heavy atom. The van der Waals surface area contributed by atoms with Crippen LogP contribution < -0.4 is 20.7 Å². The van der Waals surface area contributed by atoms with Crippen LogP contribution in [0.4, 0.5) is 11.4 Å². The lowest BCUT2D eigenvalue weighted by atomic mass is 9.87. The molecule has 1 aliphatic carbocycles. The summed E-state index contributed by atoms with van der Waals surface area (Å²) in [5.74, 6) is 0.811. The molecular formula is C28H29N7O3. The van der Waals surface area contributed by atoms with E-state index in [-0.39, 0.29) is 23.6 Å². The van der Waals surface area contributed by atoms with Crippen molar-refractivity contribution in [1.29, 1.82) is 0 Å². The molecule has 10 heteroatoms. The second-order valence-corrected chi connectivity index (χ2v) is 9.96. The van der Waals surface area contributed by atoms with Gasteiger partial charge in [0.15, 0.2) is 0 Å². The molecule has 6 rings (SSSR count). The number of ether oxygens (including phenoxy) is 1. The van der Waals surface area contributed by atoms with Crippen LogP contribution in [0.2, 0.25) is 0 Å². The fraction of sp³-hybridized carbons (Fsp3) is 0.321. The van der Waals surface area contributed by atoms with Gasteiger partial charge in [-0.3, -0.25) is 14.8 Å². The Morgan fingerprint density at radius 1 is 1.05 bits per heavy atom. The number of carbonyl (C=O) groups is 1. The normalized spacial score (nSPS) is 21.3. The van der Waals surface area contributed by atoms with Gasteiger partial charge >= 0.3 is 0 Å². The number of pyridine rings is 4. The fourth-order valence-corrected chi connectivity index (χ4v) is 5.17. The third kappa shape index (κ3) is 4.75. The average molecular weight is 512 g/mol. The molecule has 1 saturated carbocycles. The minimum absolute atomic E-state index is 0.125. The zero-order valence-electron chi connectivity index (χ0n) is 21.0. The van der Waals surface area contributed by atoms with Crippen LogP contribution in [-0.2, 0) is 0 Å². The Morgan fingerprint density at radius 2 is 1.89 bits per heavy atom. The number of aromatic nitrogens is 4. The van der Waals surface area contributed by atoms with Crippen LogP contribution >= 0.6 is 0 Å². The van der Waals surface area contributed by atoms with Crippen molar-refractivity contribution in [3.8, 4) is 17.0 Å². The smallest absolute Gasteiger partial charge is 0.274 e. The van der Waals surface area contributed by atoms with Crippen LogP contribution in [0.5, 0.6) is 5.88 Å². The largest absolute Gasteiger partial charge is 0.481 e. The van der Waals surface area contributed by atoms with Crippen molar-refractivity contribution in [2.75, 3.05) is 30.4 Å². The van der Waals surface area contributed by atoms with Gasteiger partial charge < -0.3 is 25.8 Å². The zero-order chi connectivity index (χ0) is 26.2. The second-order valence-electron chi connectivity index (χ2n) is 9.96. The van der Waals surface area contributed by atoms with E-state index in [9.17, 15) is 9.90 Å². The fourth-order valence-electron chi connectivity index (χ4n) is 5.17. The summed E-state index contributed by atoms with van der Waals surface area (Å²) in [5.41, 5.74) is 11.0. The van der Waals surface area contributed by atoms with Crippen LogP contribution in [0.25, 0.3) is 22.2 Å². The first-order chi connectivity index (χ1) is 18.5. The van der Waals surface area contributed by atoms with Gasteiger partial charge in [0, 0.05) is 60.8 Å². The van der Waals surface area contributed by atoms with Crippen LogP contribution in [0.3, 0.4) is 0 Å². The zero-order valence-corrected chi connectivity index (χ0v) is 21.0. The monoisotopic (exact) mass is 511 g/mol. The summed E-state index contributed by atoms with van der Waals surface area (Å²) in [6.45, 7) is 1.19. The predicted octanol–water partition coefficient (Wildman–Crippen LogP) is 2.88. The molecule has 4 aromatic heterocycles. The molecule has 1 amide bonds. The number of hydrogen-bond acceptors (Lipinski definition) is 9. The standard InChI is InChI=1S/C28H29N7O3/c1-38-26-7-4-17(11-32-26)18-10-23-21(31-12-18)5-6-22(33-23)28(37)34-24-13-30-9-8-25(24)35-14-19(16-2-3-16)27(36)20(29)15-35/h4-13,16,19-20,27,36H,2-3,14-15,29H2,1H3,(H,34,37). The Bertz CT molecular complexity index is 1480. The van der Waals surface area contributed by atoms with Crippen LogP contribution in [-0.4, -0.2) is 63.3 Å². The Labute approximate surface area is 219 Å². The number of anilines is 2. The van der Waals surface area contributed by atoms with Gasteiger partial charge in [-0.1, -0.05) is 0 Å².